The minimum absolute atomic E-state index is 0.0115. The number of hydrogen-bond acceptors (Lipinski definition) is 9. The Bertz CT molecular complexity index is 1260. The third-order valence-electron chi connectivity index (χ3n) is 3.86. The van der Waals surface area contributed by atoms with E-state index in [-0.39, 0.29) is 33.7 Å². The molecule has 0 N–H and O–H groups in total. The second-order valence-corrected chi connectivity index (χ2v) is 7.86. The van der Waals surface area contributed by atoms with Crippen molar-refractivity contribution in [2.24, 2.45) is 0 Å². The normalized spacial score (nSPS) is 11.3. The number of nitrogens with zero attached hydrogens (tertiary/aromatic N) is 3. The van der Waals surface area contributed by atoms with Gasteiger partial charge in [0, 0.05) is 0 Å². The number of benzene rings is 1. The summed E-state index contributed by atoms with van der Waals surface area (Å²) in [5.41, 5.74) is -1.05. The molecule has 0 spiro atoms. The first-order valence-corrected chi connectivity index (χ1v) is 10.4. The number of aromatic nitrogens is 3. The van der Waals surface area contributed by atoms with Gasteiger partial charge in [-0.15, -0.1) is 0 Å². The van der Waals surface area contributed by atoms with Crippen LogP contribution >= 0.6 is 11.6 Å². The first-order valence-electron chi connectivity index (χ1n) is 8.59. The van der Waals surface area contributed by atoms with Crippen molar-refractivity contribution in [1.82, 2.24) is 14.9 Å². The molecule has 0 unspecified atom stereocenters. The highest BCUT2D eigenvalue weighted by atomic mass is 35.5. The molecule has 0 amide bonds. The van der Waals surface area contributed by atoms with Gasteiger partial charge in [-0.3, -0.25) is 4.79 Å². The Morgan fingerprint density at radius 2 is 1.97 bits per heavy atom. The molecule has 12 heteroatoms. The van der Waals surface area contributed by atoms with Gasteiger partial charge < -0.3 is 13.4 Å². The molecule has 10 nitrogen and oxygen atoms in total. The van der Waals surface area contributed by atoms with Crippen LogP contribution in [0.5, 0.6) is 5.75 Å². The number of halogens is 1. The summed E-state index contributed by atoms with van der Waals surface area (Å²) in [6, 6.07) is 7.12. The Morgan fingerprint density at radius 3 is 2.57 bits per heavy atom. The molecule has 2 aromatic heterocycles. The summed E-state index contributed by atoms with van der Waals surface area (Å²) >= 11 is 6.11. The van der Waals surface area contributed by atoms with Crippen LogP contribution in [-0.4, -0.2) is 35.9 Å². The maximum Gasteiger partial charge on any atom is 0.362 e. The van der Waals surface area contributed by atoms with Crippen molar-refractivity contribution in [2.45, 2.75) is 25.7 Å². The Kier molecular flexibility index (Phi) is 5.94. The molecule has 0 saturated heterocycles. The number of esters is 1. The van der Waals surface area contributed by atoms with E-state index in [1.807, 2.05) is 0 Å². The third kappa shape index (κ3) is 4.07. The zero-order chi connectivity index (χ0) is 22.1. The molecule has 0 fully saturated rings. The summed E-state index contributed by atoms with van der Waals surface area (Å²) in [5, 5.41) is 7.71. The highest BCUT2D eigenvalue weighted by Gasteiger charge is 2.30. The quantitative estimate of drug-likeness (QED) is 0.407. The van der Waals surface area contributed by atoms with Gasteiger partial charge in [0.2, 0.25) is 5.69 Å². The van der Waals surface area contributed by atoms with Crippen molar-refractivity contribution in [3.05, 3.63) is 62.9 Å². The van der Waals surface area contributed by atoms with Crippen LogP contribution in [0.3, 0.4) is 0 Å². The van der Waals surface area contributed by atoms with E-state index < -0.39 is 33.1 Å². The molecule has 158 valence electrons. The molecule has 3 aromatic rings. The van der Waals surface area contributed by atoms with E-state index in [1.54, 1.807) is 19.1 Å². The first-order chi connectivity index (χ1) is 14.2. The molecule has 0 radical (unpaired) electrons. The van der Waals surface area contributed by atoms with E-state index in [9.17, 15) is 18.0 Å². The second kappa shape index (κ2) is 8.28. The van der Waals surface area contributed by atoms with Crippen LogP contribution in [0.4, 0.5) is 0 Å². The molecular weight excluding hydrogens is 438 g/mol. The number of carbonyl (C=O) groups is 1. The maximum absolute atomic E-state index is 12.7. The summed E-state index contributed by atoms with van der Waals surface area (Å²) in [5.74, 6) is -1.59. The topological polar surface area (TPSA) is 131 Å². The first kappa shape index (κ1) is 21.5. The Balaban J connectivity index is 2.17. The molecule has 3 rings (SSSR count). The maximum atomic E-state index is 12.7. The van der Waals surface area contributed by atoms with E-state index >= 15 is 0 Å². The molecule has 0 saturated carbocycles. The monoisotopic (exact) mass is 453 g/mol. The predicted octanol–water partition coefficient (Wildman–Crippen LogP) is 2.44. The van der Waals surface area contributed by atoms with Crippen LogP contribution in [0.15, 0.2) is 44.5 Å². The van der Waals surface area contributed by atoms with Crippen molar-refractivity contribution >= 4 is 27.7 Å². The molecule has 30 heavy (non-hydrogen) atoms. The van der Waals surface area contributed by atoms with Gasteiger partial charge >= 0.3 is 16.1 Å². The zero-order valence-electron chi connectivity index (χ0n) is 16.1. The molecule has 1 aromatic carbocycles. The van der Waals surface area contributed by atoms with Crippen molar-refractivity contribution in [3.63, 3.8) is 0 Å². The van der Waals surface area contributed by atoms with Gasteiger partial charge in [-0.2, -0.15) is 18.2 Å². The van der Waals surface area contributed by atoms with Crippen LogP contribution in [0.2, 0.25) is 5.02 Å². The van der Waals surface area contributed by atoms with Gasteiger partial charge in [0.15, 0.2) is 16.4 Å². The lowest BCUT2D eigenvalue weighted by Gasteiger charge is -2.13. The largest absolute Gasteiger partial charge is 0.461 e. The SMILES string of the molecule is CCOC(=O)c1nn(-c2ccccc2Cl)c(=O)cc1OS(=O)(=O)c1c(C)noc1C. The van der Waals surface area contributed by atoms with Gasteiger partial charge in [-0.1, -0.05) is 28.9 Å². The second-order valence-electron chi connectivity index (χ2n) is 5.97. The summed E-state index contributed by atoms with van der Waals surface area (Å²) in [6.45, 7) is 4.34. The van der Waals surface area contributed by atoms with Crippen LogP contribution < -0.4 is 9.74 Å². The van der Waals surface area contributed by atoms with Crippen LogP contribution in [-0.2, 0) is 14.9 Å². The molecule has 0 bridgehead atoms. The van der Waals surface area contributed by atoms with E-state index in [1.165, 1.54) is 26.0 Å². The predicted molar refractivity (Wildman–Crippen MR) is 105 cm³/mol. The smallest absolute Gasteiger partial charge is 0.362 e. The van der Waals surface area contributed by atoms with Gasteiger partial charge in [0.25, 0.3) is 5.56 Å². The molecule has 0 atom stereocenters. The zero-order valence-corrected chi connectivity index (χ0v) is 17.7. The average molecular weight is 454 g/mol. The highest BCUT2D eigenvalue weighted by molar-refractivity contribution is 7.87. The van der Waals surface area contributed by atoms with E-state index in [2.05, 4.69) is 10.3 Å². The minimum Gasteiger partial charge on any atom is -0.461 e. The number of aryl methyl sites for hydroxylation is 2. The Hall–Kier alpha value is -3.18. The van der Waals surface area contributed by atoms with Crippen LogP contribution in [0.25, 0.3) is 5.69 Å². The van der Waals surface area contributed by atoms with Gasteiger partial charge in [0.05, 0.1) is 23.4 Å². The fourth-order valence-electron chi connectivity index (χ4n) is 2.63. The fraction of sp³-hybridized carbons (Fsp3) is 0.222. The van der Waals surface area contributed by atoms with E-state index in [0.717, 1.165) is 10.7 Å². The minimum atomic E-state index is -4.48. The Labute approximate surface area is 176 Å². The molecular formula is C18H16ClN3O7S. The van der Waals surface area contributed by atoms with Crippen molar-refractivity contribution in [2.75, 3.05) is 6.61 Å². The molecule has 0 aliphatic heterocycles. The number of rotatable bonds is 6. The van der Waals surface area contributed by atoms with Crippen molar-refractivity contribution in [3.8, 4) is 11.4 Å². The lowest BCUT2D eigenvalue weighted by Crippen LogP contribution is -2.26. The average Bonchev–Trinajstić information content (AvgIpc) is 3.01. The number of para-hydroxylation sites is 1. The summed E-state index contributed by atoms with van der Waals surface area (Å²) in [7, 11) is -4.48. The summed E-state index contributed by atoms with van der Waals surface area (Å²) in [6.07, 6.45) is 0. The number of carbonyl (C=O) groups excluding carboxylic acids is 1. The lowest BCUT2D eigenvalue weighted by atomic mass is 10.3. The van der Waals surface area contributed by atoms with Crippen molar-refractivity contribution < 1.29 is 26.7 Å². The fourth-order valence-corrected chi connectivity index (χ4v) is 4.08. The van der Waals surface area contributed by atoms with E-state index in [0.29, 0.717) is 0 Å². The Morgan fingerprint density at radius 1 is 1.27 bits per heavy atom. The van der Waals surface area contributed by atoms with Gasteiger partial charge in [-0.25, -0.2) is 4.79 Å². The molecule has 0 aliphatic carbocycles. The van der Waals surface area contributed by atoms with Crippen molar-refractivity contribution in [1.29, 1.82) is 0 Å². The van der Waals surface area contributed by atoms with Crippen LogP contribution in [0, 0.1) is 13.8 Å². The van der Waals surface area contributed by atoms with Crippen LogP contribution in [0.1, 0.15) is 28.9 Å². The standard InChI is InChI=1S/C18H16ClN3O7S/c1-4-27-18(24)16-14(29-30(25,26)17-10(2)21-28-11(17)3)9-15(23)22(20-16)13-8-6-5-7-12(13)19/h5-9H,4H2,1-3H3. The lowest BCUT2D eigenvalue weighted by molar-refractivity contribution is 0.0515. The van der Waals surface area contributed by atoms with Gasteiger partial charge in [-0.05, 0) is 32.9 Å². The highest BCUT2D eigenvalue weighted by Crippen LogP contribution is 2.26. The molecule has 0 aliphatic rings. The molecule has 2 heterocycles. The van der Waals surface area contributed by atoms with E-state index in [4.69, 9.17) is 25.0 Å². The van der Waals surface area contributed by atoms with Gasteiger partial charge in [0.1, 0.15) is 5.69 Å². The number of hydrogen-bond donors (Lipinski definition) is 0. The third-order valence-corrected chi connectivity index (χ3v) is 5.66. The number of ether oxygens (including phenoxy) is 1. The summed E-state index contributed by atoms with van der Waals surface area (Å²) < 4.78 is 41.2. The summed E-state index contributed by atoms with van der Waals surface area (Å²) in [4.78, 5) is 24.7.